The first kappa shape index (κ1) is 16.3. The standard InChI is InChI=1S/C21H24N2O2/c22-12-15-5-4-8-18(11-15)21(24)23-13-19(16-6-2-1-3-7-16)25-20(14-23)17-9-10-17/h1-8,11,17,19-20H,9-10,12-14,22H2/t19-,20+/m0/s1. The van der Waals surface area contributed by atoms with Crippen molar-refractivity contribution in [3.05, 3.63) is 71.3 Å². The lowest BCUT2D eigenvalue weighted by Gasteiger charge is -2.38. The first-order valence-electron chi connectivity index (χ1n) is 9.03. The van der Waals surface area contributed by atoms with Crippen LogP contribution in [0.4, 0.5) is 0 Å². The van der Waals surface area contributed by atoms with Crippen molar-refractivity contribution < 1.29 is 9.53 Å². The molecule has 1 saturated heterocycles. The molecule has 130 valence electrons. The molecule has 4 nitrogen and oxygen atoms in total. The van der Waals surface area contributed by atoms with Crippen LogP contribution >= 0.6 is 0 Å². The van der Waals surface area contributed by atoms with E-state index in [1.165, 1.54) is 12.8 Å². The minimum Gasteiger partial charge on any atom is -0.366 e. The molecule has 1 aliphatic carbocycles. The van der Waals surface area contributed by atoms with Crippen molar-refractivity contribution in [2.24, 2.45) is 11.7 Å². The molecule has 0 unspecified atom stereocenters. The number of carbonyl (C=O) groups excluding carboxylic acids is 1. The fraction of sp³-hybridized carbons (Fsp3) is 0.381. The summed E-state index contributed by atoms with van der Waals surface area (Å²) >= 11 is 0. The summed E-state index contributed by atoms with van der Waals surface area (Å²) in [4.78, 5) is 15.0. The first-order chi connectivity index (χ1) is 12.2. The zero-order chi connectivity index (χ0) is 17.2. The highest BCUT2D eigenvalue weighted by molar-refractivity contribution is 5.94. The number of ether oxygens (including phenoxy) is 1. The van der Waals surface area contributed by atoms with Gasteiger partial charge in [0.2, 0.25) is 0 Å². The third kappa shape index (κ3) is 3.60. The Morgan fingerprint density at radius 1 is 1.08 bits per heavy atom. The van der Waals surface area contributed by atoms with Crippen molar-refractivity contribution in [3.8, 4) is 0 Å². The summed E-state index contributed by atoms with van der Waals surface area (Å²) in [5, 5.41) is 0. The molecule has 2 aliphatic rings. The third-order valence-electron chi connectivity index (χ3n) is 5.14. The Morgan fingerprint density at radius 3 is 2.60 bits per heavy atom. The third-order valence-corrected chi connectivity index (χ3v) is 5.14. The highest BCUT2D eigenvalue weighted by atomic mass is 16.5. The topological polar surface area (TPSA) is 55.6 Å². The summed E-state index contributed by atoms with van der Waals surface area (Å²) in [7, 11) is 0. The van der Waals surface area contributed by atoms with E-state index in [4.69, 9.17) is 10.5 Å². The Hall–Kier alpha value is -2.17. The molecule has 1 saturated carbocycles. The largest absolute Gasteiger partial charge is 0.366 e. The zero-order valence-corrected chi connectivity index (χ0v) is 14.3. The van der Waals surface area contributed by atoms with Crippen LogP contribution in [-0.4, -0.2) is 30.0 Å². The quantitative estimate of drug-likeness (QED) is 0.933. The molecule has 1 aliphatic heterocycles. The molecular formula is C21H24N2O2. The number of amides is 1. The van der Waals surface area contributed by atoms with Crippen molar-refractivity contribution in [2.45, 2.75) is 31.6 Å². The number of nitrogens with zero attached hydrogens (tertiary/aromatic N) is 1. The van der Waals surface area contributed by atoms with Crippen LogP contribution in [0, 0.1) is 5.92 Å². The summed E-state index contributed by atoms with van der Waals surface area (Å²) < 4.78 is 6.34. The SMILES string of the molecule is NCc1cccc(C(=O)N2C[C@@H](c3ccccc3)O[C@@H](C3CC3)C2)c1. The van der Waals surface area contributed by atoms with E-state index >= 15 is 0 Å². The summed E-state index contributed by atoms with van der Waals surface area (Å²) in [5.74, 6) is 0.669. The number of rotatable bonds is 4. The van der Waals surface area contributed by atoms with Crippen molar-refractivity contribution in [2.75, 3.05) is 13.1 Å². The van der Waals surface area contributed by atoms with Gasteiger partial charge in [-0.2, -0.15) is 0 Å². The van der Waals surface area contributed by atoms with Crippen LogP contribution in [0.1, 0.15) is 40.4 Å². The highest BCUT2D eigenvalue weighted by Crippen LogP contribution is 2.39. The van der Waals surface area contributed by atoms with Crippen molar-refractivity contribution >= 4 is 5.91 Å². The van der Waals surface area contributed by atoms with Crippen LogP contribution in [-0.2, 0) is 11.3 Å². The van der Waals surface area contributed by atoms with E-state index in [2.05, 4.69) is 12.1 Å². The van der Waals surface area contributed by atoms with Gasteiger partial charge in [0, 0.05) is 18.7 Å². The van der Waals surface area contributed by atoms with E-state index in [9.17, 15) is 4.79 Å². The Kier molecular flexibility index (Phi) is 4.55. The van der Waals surface area contributed by atoms with Crippen LogP contribution in [0.5, 0.6) is 0 Å². The predicted octanol–water partition coefficient (Wildman–Crippen LogP) is 3.14. The maximum absolute atomic E-state index is 13.1. The molecule has 2 aromatic rings. The molecule has 2 N–H and O–H groups in total. The van der Waals surface area contributed by atoms with E-state index in [0.29, 0.717) is 31.1 Å². The lowest BCUT2D eigenvalue weighted by atomic mass is 10.0. The fourth-order valence-corrected chi connectivity index (χ4v) is 3.55. The van der Waals surface area contributed by atoms with Crippen LogP contribution in [0.3, 0.4) is 0 Å². The molecule has 0 spiro atoms. The van der Waals surface area contributed by atoms with Crippen LogP contribution < -0.4 is 5.73 Å². The summed E-state index contributed by atoms with van der Waals surface area (Å²) in [6.07, 6.45) is 2.50. The molecule has 2 fully saturated rings. The van der Waals surface area contributed by atoms with Crippen LogP contribution in [0.15, 0.2) is 54.6 Å². The number of morpholine rings is 1. The van der Waals surface area contributed by atoms with Gasteiger partial charge < -0.3 is 15.4 Å². The summed E-state index contributed by atoms with van der Waals surface area (Å²) in [6, 6.07) is 17.9. The van der Waals surface area contributed by atoms with Gasteiger partial charge in [-0.1, -0.05) is 42.5 Å². The molecule has 1 heterocycles. The molecular weight excluding hydrogens is 312 g/mol. The van der Waals surface area contributed by atoms with Crippen molar-refractivity contribution in [3.63, 3.8) is 0 Å². The summed E-state index contributed by atoms with van der Waals surface area (Å²) in [6.45, 7) is 1.72. The lowest BCUT2D eigenvalue weighted by molar-refractivity contribution is -0.0864. The lowest BCUT2D eigenvalue weighted by Crippen LogP contribution is -2.47. The van der Waals surface area contributed by atoms with Gasteiger partial charge in [-0.05, 0) is 42.0 Å². The average Bonchev–Trinajstić information content (AvgIpc) is 3.53. The van der Waals surface area contributed by atoms with E-state index < -0.39 is 0 Å². The maximum Gasteiger partial charge on any atom is 0.254 e. The molecule has 0 radical (unpaired) electrons. The van der Waals surface area contributed by atoms with Gasteiger partial charge in [0.15, 0.2) is 0 Å². The Morgan fingerprint density at radius 2 is 1.88 bits per heavy atom. The van der Waals surface area contributed by atoms with Gasteiger partial charge in [0.05, 0.1) is 12.6 Å². The van der Waals surface area contributed by atoms with E-state index in [0.717, 1.165) is 11.1 Å². The summed E-state index contributed by atoms with van der Waals surface area (Å²) in [5.41, 5.74) is 8.56. The maximum atomic E-state index is 13.1. The second-order valence-corrected chi connectivity index (χ2v) is 7.03. The smallest absolute Gasteiger partial charge is 0.254 e. The number of carbonyl (C=O) groups is 1. The number of nitrogens with two attached hydrogens (primary N) is 1. The van der Waals surface area contributed by atoms with Crippen molar-refractivity contribution in [1.29, 1.82) is 0 Å². The van der Waals surface area contributed by atoms with Gasteiger partial charge >= 0.3 is 0 Å². The minimum atomic E-state index is -0.0535. The predicted molar refractivity (Wildman–Crippen MR) is 97.0 cm³/mol. The molecule has 4 heteroatoms. The fourth-order valence-electron chi connectivity index (χ4n) is 3.55. The average molecular weight is 336 g/mol. The monoisotopic (exact) mass is 336 g/mol. The van der Waals surface area contributed by atoms with Gasteiger partial charge in [0.25, 0.3) is 5.91 Å². The van der Waals surface area contributed by atoms with Gasteiger partial charge in [-0.3, -0.25) is 4.79 Å². The van der Waals surface area contributed by atoms with Crippen molar-refractivity contribution in [1.82, 2.24) is 4.90 Å². The minimum absolute atomic E-state index is 0.0535. The molecule has 2 atom stereocenters. The number of benzene rings is 2. The Bertz CT molecular complexity index is 743. The molecule has 0 aromatic heterocycles. The number of hydrogen-bond acceptors (Lipinski definition) is 3. The van der Waals surface area contributed by atoms with Gasteiger partial charge in [0.1, 0.15) is 6.10 Å². The highest BCUT2D eigenvalue weighted by Gasteiger charge is 2.40. The normalized spacial score (nSPS) is 23.5. The molecule has 4 rings (SSSR count). The Labute approximate surface area is 148 Å². The second-order valence-electron chi connectivity index (χ2n) is 7.03. The first-order valence-corrected chi connectivity index (χ1v) is 9.03. The van der Waals surface area contributed by atoms with E-state index in [-0.39, 0.29) is 18.1 Å². The van der Waals surface area contributed by atoms with Crippen LogP contribution in [0.2, 0.25) is 0 Å². The Balaban J connectivity index is 1.57. The molecule has 2 aromatic carbocycles. The van der Waals surface area contributed by atoms with Gasteiger partial charge in [-0.15, -0.1) is 0 Å². The molecule has 1 amide bonds. The molecule has 0 bridgehead atoms. The van der Waals surface area contributed by atoms with Crippen LogP contribution in [0.25, 0.3) is 0 Å². The van der Waals surface area contributed by atoms with Gasteiger partial charge in [-0.25, -0.2) is 0 Å². The second kappa shape index (κ2) is 6.98. The van der Waals surface area contributed by atoms with E-state index in [1.807, 2.05) is 47.4 Å². The van der Waals surface area contributed by atoms with E-state index in [1.54, 1.807) is 0 Å². The molecule has 25 heavy (non-hydrogen) atoms. The zero-order valence-electron chi connectivity index (χ0n) is 14.3. The number of hydrogen-bond donors (Lipinski definition) is 1.